The number of nitrogens with zero attached hydrogens (tertiary/aromatic N) is 1. The molecule has 1 heterocycles. The predicted octanol–water partition coefficient (Wildman–Crippen LogP) is 1.02. The Morgan fingerprint density at radius 3 is 2.90 bits per heavy atom. The molecule has 1 aliphatic heterocycles. The highest BCUT2D eigenvalue weighted by atomic mass is 16.5. The first-order chi connectivity index (χ1) is 9.70. The lowest BCUT2D eigenvalue weighted by Gasteiger charge is -2.18. The number of likely N-dealkylation sites (tertiary alicyclic amines) is 1. The summed E-state index contributed by atoms with van der Waals surface area (Å²) in [6, 6.07) is 7.98. The molecule has 5 nitrogen and oxygen atoms in total. The van der Waals surface area contributed by atoms with Crippen LogP contribution in [0, 0.1) is 5.92 Å². The smallest absolute Gasteiger partial charge is 0.221 e. The first kappa shape index (κ1) is 14.8. The van der Waals surface area contributed by atoms with Gasteiger partial charge in [-0.3, -0.25) is 9.69 Å². The van der Waals surface area contributed by atoms with Crippen LogP contribution < -0.4 is 10.5 Å². The Hall–Kier alpha value is -1.59. The van der Waals surface area contributed by atoms with Crippen LogP contribution in [-0.2, 0) is 16.1 Å². The number of carbonyl (C=O) groups excluding carboxylic acids is 1. The molecule has 1 saturated heterocycles. The molecule has 0 aliphatic carbocycles. The summed E-state index contributed by atoms with van der Waals surface area (Å²) in [6.45, 7) is 3.54. The van der Waals surface area contributed by atoms with Gasteiger partial charge in [-0.25, -0.2) is 0 Å². The van der Waals surface area contributed by atoms with E-state index in [4.69, 9.17) is 15.2 Å². The molecule has 0 bridgehead atoms. The van der Waals surface area contributed by atoms with Crippen molar-refractivity contribution < 1.29 is 14.3 Å². The maximum Gasteiger partial charge on any atom is 0.221 e. The fourth-order valence-electron chi connectivity index (χ4n) is 2.46. The van der Waals surface area contributed by atoms with Gasteiger partial charge in [-0.15, -0.1) is 0 Å². The Kier molecular flexibility index (Phi) is 5.38. The summed E-state index contributed by atoms with van der Waals surface area (Å²) in [5.74, 6) is 0.667. The fourth-order valence-corrected chi connectivity index (χ4v) is 2.46. The van der Waals surface area contributed by atoms with Crippen LogP contribution in [0.15, 0.2) is 24.3 Å². The summed E-state index contributed by atoms with van der Waals surface area (Å²) in [5.41, 5.74) is 6.49. The van der Waals surface area contributed by atoms with Gasteiger partial charge < -0.3 is 15.2 Å². The van der Waals surface area contributed by atoms with Gasteiger partial charge in [0.15, 0.2) is 0 Å². The van der Waals surface area contributed by atoms with E-state index in [-0.39, 0.29) is 11.8 Å². The van der Waals surface area contributed by atoms with Crippen molar-refractivity contribution in [3.8, 4) is 5.75 Å². The number of carbonyl (C=O) groups is 1. The van der Waals surface area contributed by atoms with Crippen molar-refractivity contribution in [2.45, 2.75) is 13.0 Å². The average molecular weight is 278 g/mol. The largest absolute Gasteiger partial charge is 0.491 e. The summed E-state index contributed by atoms with van der Waals surface area (Å²) in [6.07, 6.45) is 0.849. The maximum absolute atomic E-state index is 11.2. The molecule has 1 aliphatic rings. The lowest BCUT2D eigenvalue weighted by atomic mass is 10.1. The third-order valence-corrected chi connectivity index (χ3v) is 3.59. The van der Waals surface area contributed by atoms with E-state index in [1.54, 1.807) is 7.11 Å². The minimum absolute atomic E-state index is 0.0171. The van der Waals surface area contributed by atoms with Crippen molar-refractivity contribution in [3.05, 3.63) is 29.8 Å². The van der Waals surface area contributed by atoms with E-state index < -0.39 is 0 Å². The Balaban J connectivity index is 1.94. The molecule has 2 N–H and O–H groups in total. The van der Waals surface area contributed by atoms with E-state index in [0.717, 1.165) is 37.4 Å². The van der Waals surface area contributed by atoms with Crippen LogP contribution in [0.1, 0.15) is 12.0 Å². The van der Waals surface area contributed by atoms with Crippen molar-refractivity contribution in [1.82, 2.24) is 4.90 Å². The number of nitrogens with two attached hydrogens (primary N) is 1. The minimum Gasteiger partial charge on any atom is -0.491 e. The van der Waals surface area contributed by atoms with Crippen LogP contribution in [-0.4, -0.2) is 44.2 Å². The van der Waals surface area contributed by atoms with E-state index in [9.17, 15) is 4.79 Å². The van der Waals surface area contributed by atoms with E-state index >= 15 is 0 Å². The lowest BCUT2D eigenvalue weighted by molar-refractivity contribution is -0.121. The second kappa shape index (κ2) is 7.26. The first-order valence-corrected chi connectivity index (χ1v) is 6.92. The number of primary amides is 1. The number of hydrogen-bond donors (Lipinski definition) is 1. The van der Waals surface area contributed by atoms with E-state index in [2.05, 4.69) is 11.0 Å². The Morgan fingerprint density at radius 1 is 1.40 bits per heavy atom. The monoisotopic (exact) mass is 278 g/mol. The molecule has 1 fully saturated rings. The van der Waals surface area contributed by atoms with Crippen LogP contribution in [0.5, 0.6) is 5.75 Å². The van der Waals surface area contributed by atoms with Gasteiger partial charge in [0.2, 0.25) is 5.91 Å². The standard InChI is InChI=1S/C15H22N2O3/c1-19-8-9-20-14-5-3-2-4-12(14)10-17-7-6-13(11-17)15(16)18/h2-5,13H,6-11H2,1H3,(H2,16,18). The third kappa shape index (κ3) is 3.95. The minimum atomic E-state index is -0.197. The molecule has 0 saturated carbocycles. The summed E-state index contributed by atoms with van der Waals surface area (Å²) in [7, 11) is 1.66. The molecule has 0 spiro atoms. The number of ether oxygens (including phenoxy) is 2. The van der Waals surface area contributed by atoms with Crippen molar-refractivity contribution >= 4 is 5.91 Å². The molecule has 1 unspecified atom stereocenters. The predicted molar refractivity (Wildman–Crippen MR) is 76.4 cm³/mol. The summed E-state index contributed by atoms with van der Waals surface area (Å²) in [4.78, 5) is 13.4. The molecule has 1 atom stereocenters. The molecule has 1 aromatic carbocycles. The Morgan fingerprint density at radius 2 is 2.20 bits per heavy atom. The molecule has 0 radical (unpaired) electrons. The molecular weight excluding hydrogens is 256 g/mol. The van der Waals surface area contributed by atoms with Crippen LogP contribution in [0.3, 0.4) is 0 Å². The number of amides is 1. The Bertz CT molecular complexity index is 450. The zero-order valence-corrected chi connectivity index (χ0v) is 11.9. The SMILES string of the molecule is COCCOc1ccccc1CN1CCC(C(N)=O)C1. The first-order valence-electron chi connectivity index (χ1n) is 6.92. The van der Waals surface area contributed by atoms with Gasteiger partial charge in [-0.05, 0) is 19.0 Å². The van der Waals surface area contributed by atoms with Crippen LogP contribution >= 0.6 is 0 Å². The molecule has 2 rings (SSSR count). The van der Waals surface area contributed by atoms with Gasteiger partial charge in [0.25, 0.3) is 0 Å². The van der Waals surface area contributed by atoms with Gasteiger partial charge >= 0.3 is 0 Å². The molecule has 5 heteroatoms. The number of benzene rings is 1. The fraction of sp³-hybridized carbons (Fsp3) is 0.533. The second-order valence-electron chi connectivity index (χ2n) is 5.07. The normalized spacial score (nSPS) is 19.1. The highest BCUT2D eigenvalue weighted by molar-refractivity contribution is 5.77. The molecule has 1 amide bonds. The van der Waals surface area contributed by atoms with Crippen LogP contribution in [0.4, 0.5) is 0 Å². The number of hydrogen-bond acceptors (Lipinski definition) is 4. The van der Waals surface area contributed by atoms with Gasteiger partial charge in [0.05, 0.1) is 12.5 Å². The highest BCUT2D eigenvalue weighted by Crippen LogP contribution is 2.23. The topological polar surface area (TPSA) is 64.8 Å². The molecule has 0 aromatic heterocycles. The molecule has 1 aromatic rings. The maximum atomic E-state index is 11.2. The molecular formula is C15H22N2O3. The van der Waals surface area contributed by atoms with Crippen molar-refractivity contribution in [1.29, 1.82) is 0 Å². The Labute approximate surface area is 119 Å². The van der Waals surface area contributed by atoms with Gasteiger partial charge in [-0.1, -0.05) is 18.2 Å². The van der Waals surface area contributed by atoms with E-state index in [0.29, 0.717) is 13.2 Å². The third-order valence-electron chi connectivity index (χ3n) is 3.59. The zero-order valence-electron chi connectivity index (χ0n) is 11.9. The number of methoxy groups -OCH3 is 1. The van der Waals surface area contributed by atoms with E-state index in [1.807, 2.05) is 18.2 Å². The van der Waals surface area contributed by atoms with Crippen molar-refractivity contribution in [3.63, 3.8) is 0 Å². The molecule has 20 heavy (non-hydrogen) atoms. The highest BCUT2D eigenvalue weighted by Gasteiger charge is 2.26. The van der Waals surface area contributed by atoms with Gasteiger partial charge in [0.1, 0.15) is 12.4 Å². The van der Waals surface area contributed by atoms with Crippen molar-refractivity contribution in [2.75, 3.05) is 33.4 Å². The second-order valence-corrected chi connectivity index (χ2v) is 5.07. The van der Waals surface area contributed by atoms with Crippen molar-refractivity contribution in [2.24, 2.45) is 11.7 Å². The number of rotatable bonds is 7. The summed E-state index contributed by atoms with van der Waals surface area (Å²) < 4.78 is 10.7. The average Bonchev–Trinajstić information content (AvgIpc) is 2.90. The number of para-hydroxylation sites is 1. The van der Waals surface area contributed by atoms with Gasteiger partial charge in [-0.2, -0.15) is 0 Å². The molecule has 110 valence electrons. The summed E-state index contributed by atoms with van der Waals surface area (Å²) >= 11 is 0. The van der Waals surface area contributed by atoms with Gasteiger partial charge in [0, 0.05) is 25.8 Å². The van der Waals surface area contributed by atoms with Crippen LogP contribution in [0.25, 0.3) is 0 Å². The van der Waals surface area contributed by atoms with E-state index in [1.165, 1.54) is 0 Å². The lowest BCUT2D eigenvalue weighted by Crippen LogP contribution is -2.27. The van der Waals surface area contributed by atoms with Crippen LogP contribution in [0.2, 0.25) is 0 Å². The quantitative estimate of drug-likeness (QED) is 0.756. The summed E-state index contributed by atoms with van der Waals surface area (Å²) in [5, 5.41) is 0. The zero-order chi connectivity index (χ0) is 14.4.